The Hall–Kier alpha value is -4.07. The molecule has 0 atom stereocenters. The van der Waals surface area contributed by atoms with Crippen LogP contribution in [0.1, 0.15) is 11.3 Å². The Bertz CT molecular complexity index is 1610. The molecule has 2 aromatic carbocycles. The summed E-state index contributed by atoms with van der Waals surface area (Å²) in [5.41, 5.74) is 2.55. The fraction of sp³-hybridized carbons (Fsp3) is 0.192. The van der Waals surface area contributed by atoms with Gasteiger partial charge in [0.15, 0.2) is 0 Å². The van der Waals surface area contributed by atoms with Crippen molar-refractivity contribution in [2.45, 2.75) is 13.1 Å². The first kappa shape index (κ1) is 26.0. The van der Waals surface area contributed by atoms with Gasteiger partial charge < -0.3 is 5.32 Å². The Morgan fingerprint density at radius 2 is 1.89 bits per heavy atom. The van der Waals surface area contributed by atoms with E-state index in [9.17, 15) is 22.8 Å². The Labute approximate surface area is 214 Å². The number of aromatic nitrogens is 3. The van der Waals surface area contributed by atoms with Crippen molar-refractivity contribution in [3.63, 3.8) is 0 Å². The van der Waals surface area contributed by atoms with Gasteiger partial charge in [0.25, 0.3) is 5.56 Å². The molecule has 0 aliphatic rings. The number of carbonyl (C=O) groups is 1. The zero-order valence-electron chi connectivity index (χ0n) is 20.0. The lowest BCUT2D eigenvalue weighted by atomic mass is 9.99. The van der Waals surface area contributed by atoms with Crippen LogP contribution in [0.2, 0.25) is 5.02 Å². The standard InChI is InChI=1S/C26H21ClF3N5O2/c1-15-22(23-20(14-31-15)24(36)35(33-23)19-9-7-18(27)8-10-19)17-6-11-21(32-25(37)26(28,29)30)16(13-17)5-4-12-34(2)3/h6-11,13-14,33H,12H2,1-3H3,(H,32,37). The molecule has 0 spiro atoms. The first-order chi connectivity index (χ1) is 17.5. The number of anilines is 1. The Morgan fingerprint density at radius 3 is 2.54 bits per heavy atom. The van der Waals surface area contributed by atoms with Crippen LogP contribution in [-0.2, 0) is 4.79 Å². The number of carbonyl (C=O) groups excluding carboxylic acids is 1. The second-order valence-electron chi connectivity index (χ2n) is 8.49. The van der Waals surface area contributed by atoms with E-state index in [0.29, 0.717) is 45.0 Å². The Kier molecular flexibility index (Phi) is 7.12. The minimum absolute atomic E-state index is 0.0812. The predicted octanol–water partition coefficient (Wildman–Crippen LogP) is 4.76. The third-order valence-corrected chi connectivity index (χ3v) is 5.69. The molecule has 0 aliphatic carbocycles. The fourth-order valence-electron chi connectivity index (χ4n) is 3.69. The van der Waals surface area contributed by atoms with Crippen molar-refractivity contribution >= 4 is 34.1 Å². The van der Waals surface area contributed by atoms with E-state index in [2.05, 4.69) is 21.9 Å². The number of halogens is 4. The third-order valence-electron chi connectivity index (χ3n) is 5.44. The number of nitrogens with one attached hydrogen (secondary N) is 2. The van der Waals surface area contributed by atoms with E-state index in [4.69, 9.17) is 11.6 Å². The molecule has 0 bridgehead atoms. The van der Waals surface area contributed by atoms with Gasteiger partial charge in [-0.1, -0.05) is 29.5 Å². The summed E-state index contributed by atoms with van der Waals surface area (Å²) in [6, 6.07) is 11.2. The lowest BCUT2D eigenvalue weighted by Gasteiger charge is -2.13. The molecule has 7 nitrogen and oxygen atoms in total. The monoisotopic (exact) mass is 527 g/mol. The molecule has 4 aromatic rings. The molecule has 0 radical (unpaired) electrons. The molecule has 2 heterocycles. The molecule has 0 aliphatic heterocycles. The van der Waals surface area contributed by atoms with Gasteiger partial charge in [-0.05, 0) is 63.0 Å². The Balaban J connectivity index is 1.88. The van der Waals surface area contributed by atoms with Crippen LogP contribution in [-0.4, -0.2) is 52.4 Å². The van der Waals surface area contributed by atoms with E-state index >= 15 is 0 Å². The lowest BCUT2D eigenvalue weighted by Crippen LogP contribution is -2.30. The van der Waals surface area contributed by atoms with Crippen molar-refractivity contribution in [3.05, 3.63) is 75.3 Å². The van der Waals surface area contributed by atoms with E-state index < -0.39 is 12.1 Å². The predicted molar refractivity (Wildman–Crippen MR) is 137 cm³/mol. The summed E-state index contributed by atoms with van der Waals surface area (Å²) in [6.07, 6.45) is -3.59. The van der Waals surface area contributed by atoms with Gasteiger partial charge in [0.05, 0.1) is 28.8 Å². The number of fused-ring (bicyclic) bond motifs is 1. The molecule has 11 heteroatoms. The van der Waals surface area contributed by atoms with Crippen molar-refractivity contribution in [1.82, 2.24) is 19.7 Å². The molecular formula is C26H21ClF3N5O2. The molecule has 4 rings (SSSR count). The number of rotatable bonds is 4. The van der Waals surface area contributed by atoms with Crippen molar-refractivity contribution in [2.75, 3.05) is 26.0 Å². The summed E-state index contributed by atoms with van der Waals surface area (Å²) in [4.78, 5) is 30.9. The third kappa shape index (κ3) is 5.53. The second-order valence-corrected chi connectivity index (χ2v) is 8.92. The first-order valence-electron chi connectivity index (χ1n) is 11.0. The average Bonchev–Trinajstić information content (AvgIpc) is 3.16. The van der Waals surface area contributed by atoms with Crippen LogP contribution in [0.3, 0.4) is 0 Å². The maximum absolute atomic E-state index is 13.1. The van der Waals surface area contributed by atoms with E-state index in [1.165, 1.54) is 16.9 Å². The molecule has 0 fully saturated rings. The van der Waals surface area contributed by atoms with E-state index in [1.54, 1.807) is 62.3 Å². The summed E-state index contributed by atoms with van der Waals surface area (Å²) < 4.78 is 40.0. The van der Waals surface area contributed by atoms with Crippen LogP contribution in [0.4, 0.5) is 18.9 Å². The number of hydrogen-bond acceptors (Lipinski definition) is 4. The highest BCUT2D eigenvalue weighted by atomic mass is 35.5. The van der Waals surface area contributed by atoms with Gasteiger partial charge in [-0.2, -0.15) is 13.2 Å². The van der Waals surface area contributed by atoms with Gasteiger partial charge in [-0.15, -0.1) is 0 Å². The minimum atomic E-state index is -5.05. The van der Waals surface area contributed by atoms with Gasteiger partial charge in [-0.3, -0.25) is 24.6 Å². The van der Waals surface area contributed by atoms with Gasteiger partial charge in [0, 0.05) is 28.0 Å². The van der Waals surface area contributed by atoms with E-state index in [-0.39, 0.29) is 16.8 Å². The number of alkyl halides is 3. The molecule has 2 N–H and O–H groups in total. The maximum Gasteiger partial charge on any atom is 0.471 e. The largest absolute Gasteiger partial charge is 0.471 e. The van der Waals surface area contributed by atoms with Crippen LogP contribution in [0.15, 0.2) is 53.5 Å². The van der Waals surface area contributed by atoms with Crippen LogP contribution in [0, 0.1) is 18.8 Å². The molecular weight excluding hydrogens is 507 g/mol. The van der Waals surface area contributed by atoms with E-state index in [1.807, 2.05) is 5.32 Å². The SMILES string of the molecule is Cc1ncc2c(=O)n(-c3ccc(Cl)cc3)[nH]c2c1-c1ccc(NC(=O)C(F)(F)F)c(C#CCN(C)C)c1. The average molecular weight is 528 g/mol. The number of pyridine rings is 1. The molecule has 0 saturated heterocycles. The van der Waals surface area contributed by atoms with Gasteiger partial charge >= 0.3 is 12.1 Å². The van der Waals surface area contributed by atoms with Gasteiger partial charge in [0.1, 0.15) is 0 Å². The second kappa shape index (κ2) is 10.1. The highest BCUT2D eigenvalue weighted by Crippen LogP contribution is 2.32. The molecule has 2 aromatic heterocycles. The number of aryl methyl sites for hydroxylation is 1. The normalized spacial score (nSPS) is 11.5. The number of hydrogen-bond donors (Lipinski definition) is 2. The highest BCUT2D eigenvalue weighted by molar-refractivity contribution is 6.30. The van der Waals surface area contributed by atoms with Gasteiger partial charge in [0.2, 0.25) is 0 Å². The summed E-state index contributed by atoms with van der Waals surface area (Å²) >= 11 is 5.97. The summed E-state index contributed by atoms with van der Waals surface area (Å²) in [7, 11) is 3.60. The van der Waals surface area contributed by atoms with Crippen LogP contribution in [0.25, 0.3) is 27.7 Å². The van der Waals surface area contributed by atoms with Crippen LogP contribution >= 0.6 is 11.6 Å². The molecule has 190 valence electrons. The molecule has 1 amide bonds. The zero-order valence-corrected chi connectivity index (χ0v) is 20.8. The van der Waals surface area contributed by atoms with E-state index in [0.717, 1.165) is 0 Å². The highest BCUT2D eigenvalue weighted by Gasteiger charge is 2.39. The Morgan fingerprint density at radius 1 is 1.19 bits per heavy atom. The summed E-state index contributed by atoms with van der Waals surface area (Å²) in [5, 5.41) is 5.85. The lowest BCUT2D eigenvalue weighted by molar-refractivity contribution is -0.167. The molecule has 37 heavy (non-hydrogen) atoms. The fourth-order valence-corrected chi connectivity index (χ4v) is 3.82. The summed E-state index contributed by atoms with van der Waals surface area (Å²) in [5.74, 6) is 3.62. The molecule has 0 saturated carbocycles. The number of nitrogens with zero attached hydrogens (tertiary/aromatic N) is 3. The smallest absolute Gasteiger partial charge is 0.317 e. The van der Waals surface area contributed by atoms with Crippen molar-refractivity contribution in [3.8, 4) is 28.7 Å². The topological polar surface area (TPSA) is 83.0 Å². The number of benzene rings is 2. The van der Waals surface area contributed by atoms with Crippen molar-refractivity contribution in [2.24, 2.45) is 0 Å². The minimum Gasteiger partial charge on any atom is -0.317 e. The zero-order chi connectivity index (χ0) is 26.9. The first-order valence-corrected chi connectivity index (χ1v) is 11.4. The quantitative estimate of drug-likeness (QED) is 0.375. The summed E-state index contributed by atoms with van der Waals surface area (Å²) in [6.45, 7) is 2.10. The van der Waals surface area contributed by atoms with Gasteiger partial charge in [-0.25, -0.2) is 4.68 Å². The number of H-pyrrole nitrogens is 1. The van der Waals surface area contributed by atoms with Crippen molar-refractivity contribution < 1.29 is 18.0 Å². The molecule has 0 unspecified atom stereocenters. The number of aromatic amines is 1. The number of amides is 1. The van der Waals surface area contributed by atoms with Crippen molar-refractivity contribution in [1.29, 1.82) is 0 Å². The maximum atomic E-state index is 13.1. The van der Waals surface area contributed by atoms with Crippen LogP contribution in [0.5, 0.6) is 0 Å². The van der Waals surface area contributed by atoms with Crippen LogP contribution < -0.4 is 10.9 Å².